The lowest BCUT2D eigenvalue weighted by molar-refractivity contribution is -0.117. The molecule has 0 bridgehead atoms. The third-order valence-corrected chi connectivity index (χ3v) is 5.52. The Morgan fingerprint density at radius 3 is 3.00 bits per heavy atom. The molecule has 3 atom stereocenters. The molecule has 1 aromatic carbocycles. The van der Waals surface area contributed by atoms with Crippen molar-refractivity contribution in [2.45, 2.75) is 24.8 Å². The summed E-state index contributed by atoms with van der Waals surface area (Å²) in [4.78, 5) is 12.7. The maximum absolute atomic E-state index is 12.6. The number of fused-ring (bicyclic) bond motifs is 1. The Bertz CT molecular complexity index is 740. The molecule has 5 nitrogen and oxygen atoms in total. The van der Waals surface area contributed by atoms with Gasteiger partial charge in [0.25, 0.3) is 5.91 Å². The first kappa shape index (κ1) is 16.5. The molecule has 1 aromatic rings. The van der Waals surface area contributed by atoms with E-state index in [2.05, 4.69) is 10.6 Å². The molecule has 126 valence electrons. The Balaban J connectivity index is 1.64. The van der Waals surface area contributed by atoms with E-state index in [4.69, 9.17) is 4.74 Å². The molecule has 1 aliphatic carbocycles. The van der Waals surface area contributed by atoms with Gasteiger partial charge in [-0.2, -0.15) is 0 Å². The van der Waals surface area contributed by atoms with Crippen molar-refractivity contribution >= 4 is 16.7 Å². The zero-order chi connectivity index (χ0) is 16.9. The number of amides is 1. The number of ether oxygens (including phenoxy) is 1. The number of carbonyl (C=O) groups is 1. The highest BCUT2D eigenvalue weighted by molar-refractivity contribution is 7.91. The molecule has 0 aromatic heterocycles. The maximum atomic E-state index is 12.6. The van der Waals surface area contributed by atoms with Gasteiger partial charge in [0.2, 0.25) is 0 Å². The van der Waals surface area contributed by atoms with Crippen molar-refractivity contribution in [1.29, 1.82) is 0 Å². The quantitative estimate of drug-likeness (QED) is 0.854. The predicted octanol–water partition coefficient (Wildman–Crippen LogP) is 1.76. The van der Waals surface area contributed by atoms with Gasteiger partial charge in [0, 0.05) is 12.7 Å². The summed E-state index contributed by atoms with van der Waals surface area (Å²) in [5, 5.41) is 5.75. The summed E-state index contributed by atoms with van der Waals surface area (Å²) >= 11 is 0. The molecule has 3 unspecified atom stereocenters. The van der Waals surface area contributed by atoms with Gasteiger partial charge in [-0.05, 0) is 24.6 Å². The van der Waals surface area contributed by atoms with Crippen molar-refractivity contribution in [2.75, 3.05) is 6.61 Å². The summed E-state index contributed by atoms with van der Waals surface area (Å²) in [6.45, 7) is 2.88. The second-order valence-corrected chi connectivity index (χ2v) is 7.07. The van der Waals surface area contributed by atoms with Gasteiger partial charge in [-0.3, -0.25) is 9.00 Å². The SMILES string of the molecule is CCOc1cccc(CNC(=O)C2=CNC3C=CC=CC3S2=O)c1. The highest BCUT2D eigenvalue weighted by atomic mass is 32.2. The van der Waals surface area contributed by atoms with Crippen LogP contribution in [0.5, 0.6) is 5.75 Å². The number of nitrogens with one attached hydrogen (secondary N) is 2. The van der Waals surface area contributed by atoms with Crippen LogP contribution < -0.4 is 15.4 Å². The van der Waals surface area contributed by atoms with Gasteiger partial charge in [-0.1, -0.05) is 36.4 Å². The fourth-order valence-corrected chi connectivity index (χ4v) is 4.06. The fourth-order valence-electron chi connectivity index (χ4n) is 2.66. The average Bonchev–Trinajstić information content (AvgIpc) is 2.61. The van der Waals surface area contributed by atoms with Gasteiger partial charge < -0.3 is 15.4 Å². The van der Waals surface area contributed by atoms with Crippen molar-refractivity contribution in [1.82, 2.24) is 10.6 Å². The zero-order valence-electron chi connectivity index (χ0n) is 13.4. The second kappa shape index (κ2) is 7.49. The van der Waals surface area contributed by atoms with Gasteiger partial charge in [0.15, 0.2) is 0 Å². The summed E-state index contributed by atoms with van der Waals surface area (Å²) in [6.07, 6.45) is 9.16. The Morgan fingerprint density at radius 1 is 1.33 bits per heavy atom. The lowest BCUT2D eigenvalue weighted by Crippen LogP contribution is -2.45. The van der Waals surface area contributed by atoms with Crippen molar-refractivity contribution in [3.8, 4) is 5.75 Å². The van der Waals surface area contributed by atoms with Gasteiger partial charge >= 0.3 is 0 Å². The summed E-state index contributed by atoms with van der Waals surface area (Å²) < 4.78 is 18.0. The lowest BCUT2D eigenvalue weighted by atomic mass is 10.1. The summed E-state index contributed by atoms with van der Waals surface area (Å²) in [5.74, 6) is 0.456. The molecule has 2 aliphatic rings. The van der Waals surface area contributed by atoms with Crippen LogP contribution in [0.3, 0.4) is 0 Å². The van der Waals surface area contributed by atoms with E-state index in [1.165, 1.54) is 0 Å². The van der Waals surface area contributed by atoms with E-state index in [0.29, 0.717) is 13.2 Å². The van der Waals surface area contributed by atoms with E-state index >= 15 is 0 Å². The topological polar surface area (TPSA) is 67.4 Å². The molecule has 0 fully saturated rings. The second-order valence-electron chi connectivity index (χ2n) is 5.50. The summed E-state index contributed by atoms with van der Waals surface area (Å²) in [5.41, 5.74) is 0.933. The molecule has 24 heavy (non-hydrogen) atoms. The minimum atomic E-state index is -1.37. The maximum Gasteiger partial charge on any atom is 0.262 e. The van der Waals surface area contributed by atoms with Crippen LogP contribution in [-0.4, -0.2) is 28.0 Å². The van der Waals surface area contributed by atoms with Crippen molar-refractivity contribution in [2.24, 2.45) is 0 Å². The molecule has 0 saturated carbocycles. The minimum absolute atomic E-state index is 0.0183. The van der Waals surface area contributed by atoms with E-state index < -0.39 is 10.8 Å². The fraction of sp³-hybridized carbons (Fsp3) is 0.278. The molecule has 0 spiro atoms. The van der Waals surface area contributed by atoms with Crippen LogP contribution in [0, 0.1) is 0 Å². The van der Waals surface area contributed by atoms with Crippen LogP contribution in [-0.2, 0) is 22.1 Å². The zero-order valence-corrected chi connectivity index (χ0v) is 14.2. The average molecular weight is 344 g/mol. The molecule has 1 amide bonds. The Morgan fingerprint density at radius 2 is 2.17 bits per heavy atom. The van der Waals surface area contributed by atoms with E-state index in [1.54, 1.807) is 6.20 Å². The molecule has 1 heterocycles. The Hall–Kier alpha value is -2.34. The molecule has 3 rings (SSSR count). The predicted molar refractivity (Wildman–Crippen MR) is 94.7 cm³/mol. The Kier molecular flexibility index (Phi) is 5.15. The molecular formula is C18H20N2O3S. The molecule has 6 heteroatoms. The summed E-state index contributed by atoms with van der Waals surface area (Å²) in [7, 11) is -1.37. The van der Waals surface area contributed by atoms with Gasteiger partial charge in [-0.25, -0.2) is 0 Å². The number of hydrogen-bond acceptors (Lipinski definition) is 4. The molecule has 0 saturated heterocycles. The number of carbonyl (C=O) groups excluding carboxylic acids is 1. The van der Waals surface area contributed by atoms with E-state index in [1.807, 2.05) is 55.5 Å². The number of rotatable bonds is 5. The normalized spacial score (nSPS) is 24.5. The largest absolute Gasteiger partial charge is 0.494 e. The number of hydrogen-bond donors (Lipinski definition) is 2. The standard InChI is InChI=1S/C18H20N2O3S/c1-2-23-14-7-5-6-13(10-14)11-20-18(21)17-12-19-15-8-3-4-9-16(15)24(17)22/h3-10,12,15-16,19H,2,11H2,1H3,(H,20,21). The van der Waals surface area contributed by atoms with Crippen LogP contribution in [0.4, 0.5) is 0 Å². The van der Waals surface area contributed by atoms with E-state index in [0.717, 1.165) is 11.3 Å². The third-order valence-electron chi connectivity index (χ3n) is 3.84. The van der Waals surface area contributed by atoms with Crippen molar-refractivity contribution < 1.29 is 13.7 Å². The van der Waals surface area contributed by atoms with E-state index in [-0.39, 0.29) is 22.1 Å². The van der Waals surface area contributed by atoms with Crippen LogP contribution in [0.2, 0.25) is 0 Å². The van der Waals surface area contributed by atoms with Crippen LogP contribution in [0.25, 0.3) is 0 Å². The Labute approximate surface area is 143 Å². The smallest absolute Gasteiger partial charge is 0.262 e. The molecule has 0 radical (unpaired) electrons. The number of benzene rings is 1. The van der Waals surface area contributed by atoms with Crippen molar-refractivity contribution in [3.05, 3.63) is 65.2 Å². The van der Waals surface area contributed by atoms with Crippen LogP contribution in [0.15, 0.2) is 59.7 Å². The minimum Gasteiger partial charge on any atom is -0.494 e. The van der Waals surface area contributed by atoms with Crippen LogP contribution >= 0.6 is 0 Å². The third kappa shape index (κ3) is 3.59. The lowest BCUT2D eigenvalue weighted by Gasteiger charge is -2.29. The van der Waals surface area contributed by atoms with Gasteiger partial charge in [0.1, 0.15) is 10.7 Å². The first-order valence-corrected chi connectivity index (χ1v) is 9.12. The van der Waals surface area contributed by atoms with E-state index in [9.17, 15) is 9.00 Å². The summed E-state index contributed by atoms with van der Waals surface area (Å²) in [6, 6.07) is 7.54. The van der Waals surface area contributed by atoms with Crippen molar-refractivity contribution in [3.63, 3.8) is 0 Å². The van der Waals surface area contributed by atoms with Crippen LogP contribution in [0.1, 0.15) is 12.5 Å². The molecular weight excluding hydrogens is 324 g/mol. The molecule has 1 aliphatic heterocycles. The highest BCUT2D eigenvalue weighted by Gasteiger charge is 2.33. The first-order chi connectivity index (χ1) is 11.7. The first-order valence-electron chi connectivity index (χ1n) is 7.91. The molecule has 2 N–H and O–H groups in total. The highest BCUT2D eigenvalue weighted by Crippen LogP contribution is 2.21. The van der Waals surface area contributed by atoms with Gasteiger partial charge in [-0.15, -0.1) is 0 Å². The monoisotopic (exact) mass is 344 g/mol. The number of allylic oxidation sites excluding steroid dienone is 2. The van der Waals surface area contributed by atoms with Gasteiger partial charge in [0.05, 0.1) is 28.7 Å².